The Morgan fingerprint density at radius 3 is 2.59 bits per heavy atom. The molecular formula is C29H24N4O10S. The zero-order valence-corrected chi connectivity index (χ0v) is 23.6. The average Bonchev–Trinajstić information content (AvgIpc) is 3.45. The van der Waals surface area contributed by atoms with Crippen molar-refractivity contribution in [2.24, 2.45) is 29.4 Å². The van der Waals surface area contributed by atoms with Crippen LogP contribution in [0.4, 0.5) is 16.5 Å². The van der Waals surface area contributed by atoms with Gasteiger partial charge in [0.15, 0.2) is 39.8 Å². The van der Waals surface area contributed by atoms with Crippen LogP contribution >= 0.6 is 11.3 Å². The highest BCUT2D eigenvalue weighted by atomic mass is 32.1. The predicted molar refractivity (Wildman–Crippen MR) is 152 cm³/mol. The number of hydrogen-bond acceptors (Lipinski definition) is 13. The minimum Gasteiger partial charge on any atom is -0.505 e. The lowest BCUT2D eigenvalue weighted by molar-refractivity contribution is -0.384. The van der Waals surface area contributed by atoms with E-state index in [0.29, 0.717) is 16.0 Å². The molecule has 6 N–H and O–H groups in total. The maximum absolute atomic E-state index is 13.9. The van der Waals surface area contributed by atoms with Gasteiger partial charge in [-0.15, -0.1) is 0 Å². The Balaban J connectivity index is 1.35. The van der Waals surface area contributed by atoms with Gasteiger partial charge < -0.3 is 26.4 Å². The van der Waals surface area contributed by atoms with Gasteiger partial charge in [0.05, 0.1) is 33.1 Å². The number of phenolic OH excluding ortho intramolecular Hbond substituents is 1. The number of hydrogen-bond donors (Lipinski definition) is 5. The van der Waals surface area contributed by atoms with Crippen LogP contribution in [0, 0.1) is 33.8 Å². The van der Waals surface area contributed by atoms with Crippen LogP contribution in [-0.4, -0.2) is 66.0 Å². The van der Waals surface area contributed by atoms with E-state index >= 15 is 0 Å². The monoisotopic (exact) mass is 620 g/mol. The number of thiazole rings is 1. The molecule has 0 saturated heterocycles. The van der Waals surface area contributed by atoms with E-state index in [1.807, 2.05) is 0 Å². The first-order chi connectivity index (χ1) is 20.8. The summed E-state index contributed by atoms with van der Waals surface area (Å²) in [6.45, 7) is 1.61. The van der Waals surface area contributed by atoms with E-state index in [4.69, 9.17) is 5.73 Å². The van der Waals surface area contributed by atoms with Crippen LogP contribution in [0.1, 0.15) is 35.2 Å². The van der Waals surface area contributed by atoms with Crippen LogP contribution in [0.2, 0.25) is 0 Å². The van der Waals surface area contributed by atoms with Crippen molar-refractivity contribution in [3.8, 4) is 16.2 Å². The van der Waals surface area contributed by atoms with Crippen molar-refractivity contribution < 1.29 is 44.2 Å². The average molecular weight is 621 g/mol. The number of nitrogens with two attached hydrogens (primary N) is 1. The Labute approximate surface area is 251 Å². The van der Waals surface area contributed by atoms with Gasteiger partial charge in [0.25, 0.3) is 5.69 Å². The summed E-state index contributed by atoms with van der Waals surface area (Å²) in [4.78, 5) is 80.7. The van der Waals surface area contributed by atoms with Crippen LogP contribution in [0.25, 0.3) is 10.4 Å². The van der Waals surface area contributed by atoms with Gasteiger partial charge >= 0.3 is 0 Å². The molecule has 3 aliphatic carbocycles. The summed E-state index contributed by atoms with van der Waals surface area (Å²) < 4.78 is 0. The van der Waals surface area contributed by atoms with Crippen molar-refractivity contribution in [3.63, 3.8) is 0 Å². The lowest BCUT2D eigenvalue weighted by Gasteiger charge is -2.52. The van der Waals surface area contributed by atoms with Gasteiger partial charge in [-0.3, -0.25) is 34.1 Å². The van der Waals surface area contributed by atoms with Crippen molar-refractivity contribution in [1.82, 2.24) is 4.98 Å². The minimum atomic E-state index is -3.00. The number of rotatable bonds is 5. The van der Waals surface area contributed by atoms with Crippen LogP contribution < -0.4 is 11.1 Å². The maximum Gasteiger partial charge on any atom is 0.270 e. The standard InChI is InChI=1S/C29H24N4O10S/c1-10-13-5-6-15(32-28-31-9-17(44-28)11-3-2-4-12(7-11)33(42)43)23(36)19(13)24(37)21-18(10)22(35)14-8-16(34)20(27(30)40)25(38)29(14,41)26(21)39/h2-7,9-10,14,18,20-22,35-36,41H,8H2,1H3,(H2,30,40)(H,31,32)/t10-,14+,18+,20?,21?,22+,29+/m0/s1. The molecule has 0 bridgehead atoms. The zero-order valence-electron chi connectivity index (χ0n) is 22.8. The van der Waals surface area contributed by atoms with Gasteiger partial charge in [-0.05, 0) is 17.5 Å². The van der Waals surface area contributed by atoms with E-state index in [9.17, 15) is 49.4 Å². The van der Waals surface area contributed by atoms with E-state index in [0.717, 1.165) is 11.3 Å². The molecule has 1 aromatic heterocycles. The summed E-state index contributed by atoms with van der Waals surface area (Å²) in [5, 5.41) is 48.3. The molecule has 1 amide bonds. The third-order valence-electron chi connectivity index (χ3n) is 8.95. The Morgan fingerprint density at radius 1 is 1.18 bits per heavy atom. The number of nitrogens with zero attached hydrogens (tertiary/aromatic N) is 2. The second-order valence-electron chi connectivity index (χ2n) is 11.2. The number of anilines is 2. The summed E-state index contributed by atoms with van der Waals surface area (Å²) in [5.74, 6) is -13.8. The number of benzene rings is 2. The molecule has 44 heavy (non-hydrogen) atoms. The minimum absolute atomic E-state index is 0.0382. The van der Waals surface area contributed by atoms with Gasteiger partial charge in [-0.2, -0.15) is 0 Å². The van der Waals surface area contributed by atoms with Gasteiger partial charge in [0.1, 0.15) is 5.75 Å². The SMILES string of the molecule is C[C@H]1c2ccc(Nc3ncc(-c4cccc([N+](=O)[O-])c4)s3)c(O)c2C(=O)C2C(=O)[C@]3(O)C(=O)C(C(N)=O)C(=O)C[C@@H]3[C@@H](O)[C@@H]21. The molecule has 15 heteroatoms. The molecule has 6 rings (SSSR count). The van der Waals surface area contributed by atoms with E-state index in [1.165, 1.54) is 36.5 Å². The topological polar surface area (TPSA) is 240 Å². The lowest BCUT2D eigenvalue weighted by atomic mass is 9.50. The molecule has 7 atom stereocenters. The first kappa shape index (κ1) is 29.2. The molecule has 2 fully saturated rings. The summed E-state index contributed by atoms with van der Waals surface area (Å²) in [6, 6.07) is 8.95. The second kappa shape index (κ2) is 10.1. The number of primary amides is 1. The number of aliphatic hydroxyl groups excluding tert-OH is 1. The number of carbonyl (C=O) groups is 5. The van der Waals surface area contributed by atoms with Crippen LogP contribution in [0.3, 0.4) is 0 Å². The normalized spacial score (nSPS) is 29.4. The summed E-state index contributed by atoms with van der Waals surface area (Å²) in [7, 11) is 0. The Morgan fingerprint density at radius 2 is 1.91 bits per heavy atom. The molecule has 3 aliphatic rings. The van der Waals surface area contributed by atoms with E-state index in [2.05, 4.69) is 10.3 Å². The largest absolute Gasteiger partial charge is 0.505 e. The molecule has 2 aromatic carbocycles. The summed E-state index contributed by atoms with van der Waals surface area (Å²) in [6.07, 6.45) is -0.844. The van der Waals surface area contributed by atoms with Crippen molar-refractivity contribution in [3.05, 3.63) is 63.8 Å². The Bertz CT molecular complexity index is 1820. The number of non-ortho nitro benzene ring substituents is 1. The fourth-order valence-corrected chi connectivity index (χ4v) is 7.63. The molecule has 0 radical (unpaired) electrons. The fourth-order valence-electron chi connectivity index (χ4n) is 6.81. The molecule has 1 heterocycles. The molecule has 0 aliphatic heterocycles. The molecule has 2 unspecified atom stereocenters. The quantitative estimate of drug-likeness (QED) is 0.118. The highest BCUT2D eigenvalue weighted by Crippen LogP contribution is 2.54. The third-order valence-corrected chi connectivity index (χ3v) is 9.91. The number of phenols is 1. The number of nitro groups is 1. The van der Waals surface area contributed by atoms with Crippen molar-refractivity contribution in [2.75, 3.05) is 5.32 Å². The number of aromatic hydroxyl groups is 1. The van der Waals surface area contributed by atoms with Crippen LogP contribution in [0.5, 0.6) is 5.75 Å². The number of nitrogens with one attached hydrogen (secondary N) is 1. The molecule has 14 nitrogen and oxygen atoms in total. The van der Waals surface area contributed by atoms with E-state index in [1.54, 1.807) is 13.0 Å². The predicted octanol–water partition coefficient (Wildman–Crippen LogP) is 1.63. The van der Waals surface area contributed by atoms with Gasteiger partial charge in [-0.25, -0.2) is 4.98 Å². The zero-order chi connectivity index (χ0) is 31.8. The number of carbonyl (C=O) groups excluding carboxylic acids is 5. The van der Waals surface area contributed by atoms with Gasteiger partial charge in [0, 0.05) is 42.1 Å². The van der Waals surface area contributed by atoms with Crippen molar-refractivity contribution >= 4 is 56.9 Å². The highest BCUT2D eigenvalue weighted by Gasteiger charge is 2.69. The van der Waals surface area contributed by atoms with Crippen LogP contribution in [-0.2, 0) is 19.2 Å². The van der Waals surface area contributed by atoms with Gasteiger partial charge in [0.2, 0.25) is 5.91 Å². The van der Waals surface area contributed by atoms with Gasteiger partial charge in [-0.1, -0.05) is 36.5 Å². The lowest BCUT2D eigenvalue weighted by Crippen LogP contribution is -2.72. The number of Topliss-reactive ketones (excluding diaryl/α,β-unsaturated/α-hetero) is 4. The second-order valence-corrected chi connectivity index (χ2v) is 12.2. The van der Waals surface area contributed by atoms with Crippen LogP contribution in [0.15, 0.2) is 42.6 Å². The highest BCUT2D eigenvalue weighted by molar-refractivity contribution is 7.19. The molecular weight excluding hydrogens is 596 g/mol. The Hall–Kier alpha value is -4.86. The van der Waals surface area contributed by atoms with E-state index < -0.39 is 87.4 Å². The third kappa shape index (κ3) is 4.07. The first-order valence-corrected chi connectivity index (χ1v) is 14.3. The summed E-state index contributed by atoms with van der Waals surface area (Å²) >= 11 is 1.12. The molecule has 226 valence electrons. The first-order valence-electron chi connectivity index (χ1n) is 13.5. The van der Waals surface area contributed by atoms with Crippen molar-refractivity contribution in [1.29, 1.82) is 0 Å². The fraction of sp³-hybridized carbons (Fsp3) is 0.310. The van der Waals surface area contributed by atoms with E-state index in [-0.39, 0.29) is 22.1 Å². The number of ketones is 4. The smallest absolute Gasteiger partial charge is 0.270 e. The number of fused-ring (bicyclic) bond motifs is 3. The number of aliphatic hydroxyl groups is 2. The summed E-state index contributed by atoms with van der Waals surface area (Å²) in [5.41, 5.74) is 2.72. The molecule has 3 aromatic rings. The molecule has 2 saturated carbocycles. The number of nitro benzene ring substituents is 1. The molecule has 0 spiro atoms. The number of aromatic nitrogens is 1. The number of amides is 1. The maximum atomic E-state index is 13.9. The Kier molecular flexibility index (Phi) is 6.71. The van der Waals surface area contributed by atoms with Crippen molar-refractivity contribution in [2.45, 2.75) is 31.0 Å².